The average molecular weight is 437 g/mol. The number of sulfone groups is 1. The summed E-state index contributed by atoms with van der Waals surface area (Å²) < 4.78 is 54.7. The molecular weight excluding hydrogens is 416 g/mol. The molecule has 0 radical (unpaired) electrons. The molecule has 3 rings (SSSR count). The first-order valence-corrected chi connectivity index (χ1v) is 11.1. The Hall–Kier alpha value is -2.88. The Morgan fingerprint density at radius 2 is 1.97 bits per heavy atom. The Morgan fingerprint density at radius 3 is 2.57 bits per heavy atom. The second kappa shape index (κ2) is 8.47. The molecule has 1 fully saturated rings. The molecule has 1 amide bonds. The maximum absolute atomic E-state index is 13.2. The summed E-state index contributed by atoms with van der Waals surface area (Å²) >= 11 is 0. The van der Waals surface area contributed by atoms with Crippen molar-refractivity contribution in [2.75, 3.05) is 6.26 Å². The Labute approximate surface area is 173 Å². The summed E-state index contributed by atoms with van der Waals surface area (Å²) in [6.45, 7) is 1.60. The molecule has 10 heteroatoms. The minimum atomic E-state index is -3.33. The van der Waals surface area contributed by atoms with Crippen LogP contribution in [0.2, 0.25) is 0 Å². The predicted molar refractivity (Wildman–Crippen MR) is 106 cm³/mol. The van der Waals surface area contributed by atoms with Crippen LogP contribution >= 0.6 is 0 Å². The van der Waals surface area contributed by atoms with E-state index in [1.807, 2.05) is 0 Å². The minimum absolute atomic E-state index is 0.00768. The van der Waals surface area contributed by atoms with Crippen LogP contribution < -0.4 is 10.1 Å². The van der Waals surface area contributed by atoms with E-state index in [1.54, 1.807) is 37.3 Å². The number of hydrogen-bond donors (Lipinski definition) is 1. The van der Waals surface area contributed by atoms with E-state index in [2.05, 4.69) is 15.3 Å². The van der Waals surface area contributed by atoms with Crippen LogP contribution in [0.3, 0.4) is 0 Å². The van der Waals surface area contributed by atoms with Crippen LogP contribution in [0.15, 0.2) is 48.0 Å². The van der Waals surface area contributed by atoms with E-state index in [0.717, 1.165) is 11.7 Å². The number of para-hydroxylation sites is 1. The number of carbonyl (C=O) groups is 1. The second-order valence-corrected chi connectivity index (χ2v) is 9.17. The summed E-state index contributed by atoms with van der Waals surface area (Å²) in [6.07, 6.45) is 2.91. The van der Waals surface area contributed by atoms with Crippen molar-refractivity contribution in [1.29, 1.82) is 0 Å². The zero-order chi connectivity index (χ0) is 21.9. The van der Waals surface area contributed by atoms with Gasteiger partial charge in [0.1, 0.15) is 17.1 Å². The lowest BCUT2D eigenvalue weighted by Gasteiger charge is -2.33. The normalized spacial score (nSPS) is 17.3. The van der Waals surface area contributed by atoms with E-state index < -0.39 is 33.6 Å². The molecule has 2 aromatic rings. The van der Waals surface area contributed by atoms with Gasteiger partial charge in [-0.05, 0) is 19.1 Å². The molecule has 7 nitrogen and oxygen atoms in total. The van der Waals surface area contributed by atoms with Gasteiger partial charge in [-0.2, -0.15) is 4.98 Å². The maximum atomic E-state index is 13.2. The third-order valence-corrected chi connectivity index (χ3v) is 5.05. The van der Waals surface area contributed by atoms with Crippen LogP contribution in [0.25, 0.3) is 0 Å². The van der Waals surface area contributed by atoms with Crippen molar-refractivity contribution < 1.29 is 26.7 Å². The molecule has 1 saturated carbocycles. The van der Waals surface area contributed by atoms with Crippen molar-refractivity contribution in [2.24, 2.45) is 0 Å². The zero-order valence-corrected chi connectivity index (χ0v) is 17.2. The molecule has 1 aliphatic rings. The number of halogens is 2. The van der Waals surface area contributed by atoms with E-state index in [0.29, 0.717) is 5.75 Å². The first-order chi connectivity index (χ1) is 14.0. The molecule has 1 aliphatic carbocycles. The Kier molecular flexibility index (Phi) is 6.16. The van der Waals surface area contributed by atoms with Gasteiger partial charge in [-0.1, -0.05) is 24.3 Å². The molecular formula is C20H21F2N3O4S. The molecule has 0 unspecified atom stereocenters. The SMILES string of the molecule is C[C@@H](/C=C/S(C)(=O)=O)NC(=O)c1cnc(C2CC(F)(F)C2)nc1Oc1ccccc1. The Balaban J connectivity index is 1.84. The van der Waals surface area contributed by atoms with Crippen molar-refractivity contribution in [3.05, 3.63) is 59.4 Å². The molecule has 1 N–H and O–H groups in total. The first kappa shape index (κ1) is 21.8. The van der Waals surface area contributed by atoms with Crippen LogP contribution in [0.4, 0.5) is 8.78 Å². The number of rotatable bonds is 7. The fourth-order valence-electron chi connectivity index (χ4n) is 2.85. The summed E-state index contributed by atoms with van der Waals surface area (Å²) in [6, 6.07) is 8.00. The topological polar surface area (TPSA) is 98.2 Å². The summed E-state index contributed by atoms with van der Waals surface area (Å²) in [7, 11) is -3.33. The predicted octanol–water partition coefficient (Wildman–Crippen LogP) is 3.46. The quantitative estimate of drug-likeness (QED) is 0.712. The monoisotopic (exact) mass is 437 g/mol. The lowest BCUT2D eigenvalue weighted by atomic mass is 9.81. The summed E-state index contributed by atoms with van der Waals surface area (Å²) in [4.78, 5) is 21.0. The van der Waals surface area contributed by atoms with E-state index in [9.17, 15) is 22.0 Å². The van der Waals surface area contributed by atoms with Gasteiger partial charge in [0.15, 0.2) is 9.84 Å². The van der Waals surface area contributed by atoms with E-state index >= 15 is 0 Å². The largest absolute Gasteiger partial charge is 0.438 e. The van der Waals surface area contributed by atoms with Gasteiger partial charge in [-0.15, -0.1) is 0 Å². The third-order valence-electron chi connectivity index (χ3n) is 4.40. The highest BCUT2D eigenvalue weighted by molar-refractivity contribution is 7.93. The van der Waals surface area contributed by atoms with Crippen molar-refractivity contribution in [3.63, 3.8) is 0 Å². The molecule has 0 spiro atoms. The highest BCUT2D eigenvalue weighted by Crippen LogP contribution is 2.47. The van der Waals surface area contributed by atoms with E-state index in [4.69, 9.17) is 4.74 Å². The molecule has 1 aromatic carbocycles. The summed E-state index contributed by atoms with van der Waals surface area (Å²) in [5.41, 5.74) is 0.00768. The number of ether oxygens (including phenoxy) is 1. The van der Waals surface area contributed by atoms with Crippen LogP contribution in [0.5, 0.6) is 11.6 Å². The highest BCUT2D eigenvalue weighted by Gasteiger charge is 2.47. The van der Waals surface area contributed by atoms with Gasteiger partial charge in [0.2, 0.25) is 11.8 Å². The maximum Gasteiger partial charge on any atom is 0.258 e. The van der Waals surface area contributed by atoms with Crippen molar-refractivity contribution in [1.82, 2.24) is 15.3 Å². The third kappa shape index (κ3) is 5.82. The number of amides is 1. The summed E-state index contributed by atoms with van der Waals surface area (Å²) in [5.74, 6) is -3.28. The molecule has 0 saturated heterocycles. The van der Waals surface area contributed by atoms with E-state index in [-0.39, 0.29) is 30.1 Å². The van der Waals surface area contributed by atoms with Crippen LogP contribution in [-0.4, -0.2) is 42.5 Å². The number of alkyl halides is 2. The van der Waals surface area contributed by atoms with Crippen LogP contribution in [-0.2, 0) is 9.84 Å². The number of hydrogen-bond acceptors (Lipinski definition) is 6. The number of nitrogens with zero attached hydrogens (tertiary/aromatic N) is 2. The number of aromatic nitrogens is 2. The van der Waals surface area contributed by atoms with Crippen molar-refractivity contribution >= 4 is 15.7 Å². The van der Waals surface area contributed by atoms with Gasteiger partial charge in [-0.25, -0.2) is 22.2 Å². The standard InChI is InChI=1S/C20H21F2N3O4S/c1-13(8-9-30(2,27)28)24-18(26)16-12-23-17(14-10-20(21,22)11-14)25-19(16)29-15-6-4-3-5-7-15/h3-9,12-14H,10-11H2,1-2H3,(H,24,26)/b9-8+/t13-/m0/s1. The molecule has 160 valence electrons. The Bertz CT molecular complexity index is 1050. The summed E-state index contributed by atoms with van der Waals surface area (Å²) in [5, 5.41) is 3.61. The van der Waals surface area contributed by atoms with Crippen molar-refractivity contribution in [2.45, 2.75) is 37.6 Å². The van der Waals surface area contributed by atoms with E-state index in [1.165, 1.54) is 12.3 Å². The van der Waals surface area contributed by atoms with Gasteiger partial charge < -0.3 is 10.1 Å². The van der Waals surface area contributed by atoms with Gasteiger partial charge in [-0.3, -0.25) is 4.79 Å². The average Bonchev–Trinajstić information content (AvgIpc) is 2.64. The van der Waals surface area contributed by atoms with Gasteiger partial charge in [0.05, 0.1) is 0 Å². The number of benzene rings is 1. The fourth-order valence-corrected chi connectivity index (χ4v) is 3.37. The smallest absolute Gasteiger partial charge is 0.258 e. The molecule has 0 aliphatic heterocycles. The Morgan fingerprint density at radius 1 is 1.30 bits per heavy atom. The lowest BCUT2D eigenvalue weighted by molar-refractivity contribution is -0.0886. The molecule has 30 heavy (non-hydrogen) atoms. The highest BCUT2D eigenvalue weighted by atomic mass is 32.2. The molecule has 1 heterocycles. The zero-order valence-electron chi connectivity index (χ0n) is 16.4. The van der Waals surface area contributed by atoms with Gasteiger partial charge in [0, 0.05) is 42.7 Å². The molecule has 1 atom stereocenters. The van der Waals surface area contributed by atoms with Gasteiger partial charge >= 0.3 is 0 Å². The van der Waals surface area contributed by atoms with Crippen molar-refractivity contribution in [3.8, 4) is 11.6 Å². The second-order valence-electron chi connectivity index (χ2n) is 7.24. The van der Waals surface area contributed by atoms with Crippen LogP contribution in [0, 0.1) is 0 Å². The first-order valence-electron chi connectivity index (χ1n) is 9.19. The minimum Gasteiger partial charge on any atom is -0.438 e. The lowest BCUT2D eigenvalue weighted by Crippen LogP contribution is -2.35. The van der Waals surface area contributed by atoms with Gasteiger partial charge in [0.25, 0.3) is 5.91 Å². The number of nitrogens with one attached hydrogen (secondary N) is 1. The molecule has 0 bridgehead atoms. The van der Waals surface area contributed by atoms with Crippen LogP contribution in [0.1, 0.15) is 41.9 Å². The fraction of sp³-hybridized carbons (Fsp3) is 0.350. The molecule has 1 aromatic heterocycles. The number of carbonyl (C=O) groups excluding carboxylic acids is 1.